The summed E-state index contributed by atoms with van der Waals surface area (Å²) in [4.78, 5) is 14.0. The van der Waals surface area contributed by atoms with E-state index in [9.17, 15) is 22.4 Å². The number of hydrogen-bond donors (Lipinski definition) is 0. The van der Waals surface area contributed by atoms with Gasteiger partial charge in [0.05, 0.1) is 5.56 Å². The monoisotopic (exact) mass is 269 g/mol. The van der Waals surface area contributed by atoms with Gasteiger partial charge in [-0.15, -0.1) is 0 Å². The molecule has 0 atom stereocenters. The van der Waals surface area contributed by atoms with E-state index in [4.69, 9.17) is 0 Å². The maximum absolute atomic E-state index is 13.5. The van der Waals surface area contributed by atoms with Crippen molar-refractivity contribution in [3.8, 4) is 11.1 Å². The topological polar surface area (TPSA) is 30.0 Å². The Balaban J connectivity index is 2.62. The second kappa shape index (κ2) is 4.79. The lowest BCUT2D eigenvalue weighted by molar-refractivity contribution is -0.138. The second-order valence-corrected chi connectivity index (χ2v) is 3.75. The summed E-state index contributed by atoms with van der Waals surface area (Å²) < 4.78 is 51.7. The number of nitrogens with zero attached hydrogens (tertiary/aromatic N) is 1. The fraction of sp³-hybridized carbons (Fsp3) is 0.0769. The highest BCUT2D eigenvalue weighted by Gasteiger charge is 2.34. The molecule has 0 unspecified atom stereocenters. The molecule has 0 N–H and O–H groups in total. The van der Waals surface area contributed by atoms with Crippen LogP contribution < -0.4 is 0 Å². The molecule has 1 heterocycles. The number of carbonyl (C=O) groups is 1. The number of benzene rings is 1. The Kier molecular flexibility index (Phi) is 3.33. The van der Waals surface area contributed by atoms with Gasteiger partial charge in [-0.2, -0.15) is 13.2 Å². The van der Waals surface area contributed by atoms with Crippen molar-refractivity contribution in [2.45, 2.75) is 6.18 Å². The van der Waals surface area contributed by atoms with Gasteiger partial charge in [0.1, 0.15) is 11.5 Å². The van der Waals surface area contributed by atoms with E-state index in [1.165, 1.54) is 18.2 Å². The van der Waals surface area contributed by atoms with Crippen LogP contribution in [0.4, 0.5) is 17.6 Å². The standard InChI is InChI=1S/C13H7F4NO/c14-11-4-2-1-3-9(11)8-5-10(13(15,16)17)12(7-19)18-6-8/h1-7H. The van der Waals surface area contributed by atoms with E-state index in [0.29, 0.717) is 0 Å². The van der Waals surface area contributed by atoms with Gasteiger partial charge in [-0.1, -0.05) is 18.2 Å². The number of halogens is 4. The maximum atomic E-state index is 13.5. The zero-order valence-electron chi connectivity index (χ0n) is 9.41. The lowest BCUT2D eigenvalue weighted by Gasteiger charge is -2.11. The second-order valence-electron chi connectivity index (χ2n) is 3.75. The van der Waals surface area contributed by atoms with Gasteiger partial charge in [-0.25, -0.2) is 4.39 Å². The third kappa shape index (κ3) is 2.62. The summed E-state index contributed by atoms with van der Waals surface area (Å²) in [6.45, 7) is 0. The van der Waals surface area contributed by atoms with Crippen LogP contribution >= 0.6 is 0 Å². The molecule has 6 heteroatoms. The molecular weight excluding hydrogens is 262 g/mol. The van der Waals surface area contributed by atoms with Crippen molar-refractivity contribution in [3.05, 3.63) is 53.6 Å². The predicted molar refractivity (Wildman–Crippen MR) is 60.0 cm³/mol. The Bertz CT molecular complexity index is 622. The van der Waals surface area contributed by atoms with Crippen molar-refractivity contribution < 1.29 is 22.4 Å². The minimum atomic E-state index is -4.72. The van der Waals surface area contributed by atoms with Crippen LogP contribution in [-0.2, 0) is 6.18 Å². The van der Waals surface area contributed by atoms with E-state index in [1.807, 2.05) is 0 Å². The Hall–Kier alpha value is -2.24. The van der Waals surface area contributed by atoms with Gasteiger partial charge in [0.25, 0.3) is 0 Å². The molecular formula is C13H7F4NO. The molecule has 0 aliphatic rings. The largest absolute Gasteiger partial charge is 0.418 e. The first kappa shape index (κ1) is 13.2. The van der Waals surface area contributed by atoms with E-state index in [2.05, 4.69) is 4.98 Å². The zero-order chi connectivity index (χ0) is 14.0. The van der Waals surface area contributed by atoms with Crippen molar-refractivity contribution in [2.75, 3.05) is 0 Å². The third-order valence-corrected chi connectivity index (χ3v) is 2.52. The lowest BCUT2D eigenvalue weighted by atomic mass is 10.0. The minimum Gasteiger partial charge on any atom is -0.296 e. The quantitative estimate of drug-likeness (QED) is 0.614. The molecule has 98 valence electrons. The van der Waals surface area contributed by atoms with Crippen molar-refractivity contribution in [3.63, 3.8) is 0 Å². The third-order valence-electron chi connectivity index (χ3n) is 2.52. The Morgan fingerprint density at radius 2 is 1.84 bits per heavy atom. The molecule has 2 aromatic rings. The van der Waals surface area contributed by atoms with Crippen LogP contribution in [-0.4, -0.2) is 11.3 Å². The van der Waals surface area contributed by atoms with E-state index in [0.717, 1.165) is 18.3 Å². The van der Waals surface area contributed by atoms with Crippen LogP contribution in [0, 0.1) is 5.82 Å². The van der Waals surface area contributed by atoms with Gasteiger partial charge in [0, 0.05) is 17.3 Å². The van der Waals surface area contributed by atoms with Crippen LogP contribution in [0.1, 0.15) is 16.1 Å². The highest BCUT2D eigenvalue weighted by molar-refractivity contribution is 5.77. The summed E-state index contributed by atoms with van der Waals surface area (Å²) in [5.41, 5.74) is -1.93. The molecule has 0 aliphatic heterocycles. The summed E-state index contributed by atoms with van der Waals surface area (Å²) in [6, 6.07) is 6.12. The average Bonchev–Trinajstić information content (AvgIpc) is 2.37. The van der Waals surface area contributed by atoms with Crippen molar-refractivity contribution in [1.82, 2.24) is 4.98 Å². The molecule has 0 saturated heterocycles. The van der Waals surface area contributed by atoms with Gasteiger partial charge in [-0.3, -0.25) is 9.78 Å². The molecule has 2 rings (SSSR count). The van der Waals surface area contributed by atoms with Crippen LogP contribution in [0.15, 0.2) is 36.5 Å². The first-order valence-electron chi connectivity index (χ1n) is 5.21. The molecule has 0 saturated carbocycles. The molecule has 0 spiro atoms. The molecule has 2 nitrogen and oxygen atoms in total. The number of hydrogen-bond acceptors (Lipinski definition) is 2. The van der Waals surface area contributed by atoms with Gasteiger partial charge < -0.3 is 0 Å². The fourth-order valence-electron chi connectivity index (χ4n) is 1.64. The predicted octanol–water partition coefficient (Wildman–Crippen LogP) is 3.72. The number of rotatable bonds is 2. The molecule has 1 aromatic heterocycles. The summed E-state index contributed by atoms with van der Waals surface area (Å²) in [7, 11) is 0. The van der Waals surface area contributed by atoms with Gasteiger partial charge in [0.2, 0.25) is 0 Å². The van der Waals surface area contributed by atoms with E-state index in [-0.39, 0.29) is 17.4 Å². The van der Waals surface area contributed by atoms with Crippen LogP contribution in [0.25, 0.3) is 11.1 Å². The van der Waals surface area contributed by atoms with E-state index in [1.54, 1.807) is 0 Å². The van der Waals surface area contributed by atoms with Crippen molar-refractivity contribution >= 4 is 6.29 Å². The van der Waals surface area contributed by atoms with Crippen molar-refractivity contribution in [2.24, 2.45) is 0 Å². The first-order valence-corrected chi connectivity index (χ1v) is 5.21. The summed E-state index contributed by atoms with van der Waals surface area (Å²) in [5.74, 6) is -0.656. The highest BCUT2D eigenvalue weighted by atomic mass is 19.4. The number of pyridine rings is 1. The molecule has 0 fully saturated rings. The number of carbonyl (C=O) groups excluding carboxylic acids is 1. The number of alkyl halides is 3. The molecule has 0 amide bonds. The molecule has 0 radical (unpaired) electrons. The van der Waals surface area contributed by atoms with Gasteiger partial charge in [0.15, 0.2) is 6.29 Å². The van der Waals surface area contributed by atoms with Gasteiger partial charge >= 0.3 is 6.18 Å². The van der Waals surface area contributed by atoms with E-state index >= 15 is 0 Å². The van der Waals surface area contributed by atoms with Crippen LogP contribution in [0.5, 0.6) is 0 Å². The SMILES string of the molecule is O=Cc1ncc(-c2ccccc2F)cc1C(F)(F)F. The Morgan fingerprint density at radius 3 is 2.42 bits per heavy atom. The summed E-state index contributed by atoms with van der Waals surface area (Å²) >= 11 is 0. The van der Waals surface area contributed by atoms with Crippen LogP contribution in [0.3, 0.4) is 0 Å². The normalized spacial score (nSPS) is 11.4. The molecule has 0 aliphatic carbocycles. The zero-order valence-corrected chi connectivity index (χ0v) is 9.41. The van der Waals surface area contributed by atoms with Gasteiger partial charge in [-0.05, 0) is 12.1 Å². The lowest BCUT2D eigenvalue weighted by Crippen LogP contribution is -2.10. The van der Waals surface area contributed by atoms with E-state index < -0.39 is 23.3 Å². The first-order chi connectivity index (χ1) is 8.93. The minimum absolute atomic E-state index is 0.00190. The fourth-order valence-corrected chi connectivity index (χ4v) is 1.64. The smallest absolute Gasteiger partial charge is 0.296 e. The molecule has 0 bridgehead atoms. The molecule has 1 aromatic carbocycles. The Labute approximate surface area is 105 Å². The average molecular weight is 269 g/mol. The molecule has 19 heavy (non-hydrogen) atoms. The van der Waals surface area contributed by atoms with Crippen molar-refractivity contribution in [1.29, 1.82) is 0 Å². The number of aldehydes is 1. The number of aromatic nitrogens is 1. The summed E-state index contributed by atoms with van der Waals surface area (Å²) in [6.07, 6.45) is -3.66. The van der Waals surface area contributed by atoms with Crippen LogP contribution in [0.2, 0.25) is 0 Å². The highest BCUT2D eigenvalue weighted by Crippen LogP contribution is 2.33. The summed E-state index contributed by atoms with van der Waals surface area (Å²) in [5, 5.41) is 0. The Morgan fingerprint density at radius 1 is 1.16 bits per heavy atom. The maximum Gasteiger partial charge on any atom is 0.418 e.